The zero-order valence-electron chi connectivity index (χ0n) is 19.0. The molecule has 4 rings (SSSR count). The molecule has 1 aliphatic carbocycles. The number of nitrogens with zero attached hydrogens (tertiary/aromatic N) is 4. The largest absolute Gasteiger partial charge is 0.573 e. The molecule has 35 heavy (non-hydrogen) atoms. The van der Waals surface area contributed by atoms with E-state index in [1.807, 2.05) is 7.05 Å². The number of hydrogen-bond donors (Lipinski definition) is 2. The molecule has 0 aliphatic heterocycles. The molecule has 0 unspecified atom stereocenters. The molecule has 2 N–H and O–H groups in total. The van der Waals surface area contributed by atoms with Gasteiger partial charge in [-0.3, -0.25) is 4.79 Å². The van der Waals surface area contributed by atoms with Crippen molar-refractivity contribution >= 4 is 38.8 Å². The number of rotatable bonds is 9. The first-order valence-electron chi connectivity index (χ1n) is 11.2. The van der Waals surface area contributed by atoms with Gasteiger partial charge < -0.3 is 15.4 Å². The molecule has 8 nitrogen and oxygen atoms in total. The lowest BCUT2D eigenvalue weighted by atomic mass is 9.79. The van der Waals surface area contributed by atoms with E-state index in [1.54, 1.807) is 17.4 Å². The van der Waals surface area contributed by atoms with E-state index in [1.165, 1.54) is 29.5 Å². The summed E-state index contributed by atoms with van der Waals surface area (Å²) in [6.45, 7) is 0. The molecule has 0 spiro atoms. The van der Waals surface area contributed by atoms with Crippen molar-refractivity contribution in [1.29, 1.82) is 0 Å². The van der Waals surface area contributed by atoms with E-state index in [-0.39, 0.29) is 18.1 Å². The number of ether oxygens (including phenoxy) is 1. The van der Waals surface area contributed by atoms with Gasteiger partial charge in [0.25, 0.3) is 0 Å². The quantitative estimate of drug-likeness (QED) is 0.400. The van der Waals surface area contributed by atoms with Gasteiger partial charge in [0, 0.05) is 19.9 Å². The Morgan fingerprint density at radius 3 is 2.17 bits per heavy atom. The lowest BCUT2D eigenvalue weighted by molar-refractivity contribution is -0.274. The molecule has 13 heteroatoms. The summed E-state index contributed by atoms with van der Waals surface area (Å²) in [4.78, 5) is 12.3. The van der Waals surface area contributed by atoms with Crippen molar-refractivity contribution in [3.05, 3.63) is 39.8 Å². The second kappa shape index (κ2) is 11.3. The Morgan fingerprint density at radius 2 is 1.60 bits per heavy atom. The third-order valence-electron chi connectivity index (χ3n) is 5.78. The van der Waals surface area contributed by atoms with Gasteiger partial charge in [0.05, 0.1) is 6.42 Å². The Labute approximate surface area is 208 Å². The molecular formula is C22H25F3N6O2S2. The van der Waals surface area contributed by atoms with Crippen LogP contribution >= 0.6 is 22.7 Å². The second-order valence-corrected chi connectivity index (χ2v) is 10.6. The molecule has 1 fully saturated rings. The highest BCUT2D eigenvalue weighted by atomic mass is 32.1. The number of carbonyl (C=O) groups excluding carboxylic acids is 1. The summed E-state index contributed by atoms with van der Waals surface area (Å²) in [5, 5.41) is 25.5. The predicted molar refractivity (Wildman–Crippen MR) is 128 cm³/mol. The van der Waals surface area contributed by atoms with Gasteiger partial charge in [0.2, 0.25) is 16.2 Å². The fraction of sp³-hybridized carbons (Fsp3) is 0.500. The van der Waals surface area contributed by atoms with Crippen LogP contribution in [-0.2, 0) is 24.1 Å². The van der Waals surface area contributed by atoms with Crippen molar-refractivity contribution in [1.82, 2.24) is 20.4 Å². The summed E-state index contributed by atoms with van der Waals surface area (Å²) in [7, 11) is 1.84. The molecule has 2 heterocycles. The zero-order valence-corrected chi connectivity index (χ0v) is 20.6. The fourth-order valence-corrected chi connectivity index (χ4v) is 5.84. The summed E-state index contributed by atoms with van der Waals surface area (Å²) in [5.41, 5.74) is 0.404. The van der Waals surface area contributed by atoms with Gasteiger partial charge in [-0.2, -0.15) is 0 Å². The van der Waals surface area contributed by atoms with E-state index >= 15 is 0 Å². The predicted octanol–water partition coefficient (Wildman–Crippen LogP) is 5.10. The molecule has 1 saturated carbocycles. The first-order chi connectivity index (χ1) is 16.8. The summed E-state index contributed by atoms with van der Waals surface area (Å²) in [6, 6.07) is 5.36. The zero-order chi connectivity index (χ0) is 24.8. The number of alkyl halides is 3. The lowest BCUT2D eigenvalue weighted by Gasteiger charge is -2.27. The Balaban J connectivity index is 1.22. The van der Waals surface area contributed by atoms with E-state index in [9.17, 15) is 18.0 Å². The highest BCUT2D eigenvalue weighted by Gasteiger charge is 2.31. The monoisotopic (exact) mass is 526 g/mol. The Kier molecular flexibility index (Phi) is 8.16. The third kappa shape index (κ3) is 7.85. The van der Waals surface area contributed by atoms with Crippen LogP contribution in [0.3, 0.4) is 0 Å². The highest BCUT2D eigenvalue weighted by Crippen LogP contribution is 2.34. The number of carbonyl (C=O) groups is 1. The lowest BCUT2D eigenvalue weighted by Crippen LogP contribution is -2.18. The Bertz CT molecular complexity index is 1130. The topological polar surface area (TPSA) is 102 Å². The average molecular weight is 527 g/mol. The highest BCUT2D eigenvalue weighted by molar-refractivity contribution is 7.15. The number of nitrogens with one attached hydrogen (secondary N) is 2. The van der Waals surface area contributed by atoms with Gasteiger partial charge in [-0.25, -0.2) is 0 Å². The Morgan fingerprint density at radius 1 is 1.00 bits per heavy atom. The van der Waals surface area contributed by atoms with Crippen LogP contribution in [0, 0.1) is 11.8 Å². The third-order valence-corrected chi connectivity index (χ3v) is 7.61. The smallest absolute Gasteiger partial charge is 0.406 e. The maximum absolute atomic E-state index is 12.4. The molecule has 0 saturated heterocycles. The second-order valence-electron chi connectivity index (χ2n) is 8.47. The molecule has 0 atom stereocenters. The summed E-state index contributed by atoms with van der Waals surface area (Å²) in [5.74, 6) is 0.409. The number of anilines is 2. The minimum absolute atomic E-state index is 0.0988. The van der Waals surface area contributed by atoms with Crippen LogP contribution in [0.4, 0.5) is 23.4 Å². The van der Waals surface area contributed by atoms with Crippen LogP contribution in [0.2, 0.25) is 0 Å². The number of benzene rings is 1. The molecule has 188 valence electrons. The Hall–Kier alpha value is -2.80. The first kappa shape index (κ1) is 25.3. The minimum Gasteiger partial charge on any atom is -0.406 e. The van der Waals surface area contributed by atoms with Crippen LogP contribution in [0.25, 0.3) is 0 Å². The average Bonchev–Trinajstić information content (AvgIpc) is 3.43. The van der Waals surface area contributed by atoms with Gasteiger partial charge in [-0.15, -0.1) is 33.6 Å². The molecule has 0 radical (unpaired) electrons. The van der Waals surface area contributed by atoms with Gasteiger partial charge in [0.15, 0.2) is 0 Å². The molecule has 3 aromatic rings. The van der Waals surface area contributed by atoms with E-state index in [0.29, 0.717) is 22.5 Å². The van der Waals surface area contributed by atoms with E-state index in [0.717, 1.165) is 53.7 Å². The van der Waals surface area contributed by atoms with Crippen LogP contribution in [0.15, 0.2) is 24.3 Å². The standard InChI is InChI=1S/C22H25F3N6O2S2/c1-26-20-30-28-18(34-20)11-13-5-7-14(8-6-13)12-19-29-31-21(35-19)27-17(32)10-15-3-2-4-16(9-15)33-22(23,24)25/h2-4,9,13-14H,5-8,10-12H2,1H3,(H,26,30)(H,27,31,32). The van der Waals surface area contributed by atoms with E-state index < -0.39 is 6.36 Å². The van der Waals surface area contributed by atoms with E-state index in [2.05, 4.69) is 35.8 Å². The van der Waals surface area contributed by atoms with Crippen molar-refractivity contribution in [2.24, 2.45) is 11.8 Å². The van der Waals surface area contributed by atoms with E-state index in [4.69, 9.17) is 0 Å². The molecular weight excluding hydrogens is 501 g/mol. The first-order valence-corrected chi connectivity index (χ1v) is 12.9. The fourth-order valence-electron chi connectivity index (χ4n) is 4.16. The number of hydrogen-bond acceptors (Lipinski definition) is 9. The SMILES string of the molecule is CNc1nnc(CC2CCC(Cc3nnc(NC(=O)Cc4cccc(OC(F)(F)F)c4)s3)CC2)s1. The maximum Gasteiger partial charge on any atom is 0.573 e. The van der Waals surface area contributed by atoms with Crippen LogP contribution < -0.4 is 15.4 Å². The van der Waals surface area contributed by atoms with Crippen LogP contribution in [0.1, 0.15) is 41.3 Å². The van der Waals surface area contributed by atoms with Crippen molar-refractivity contribution in [3.63, 3.8) is 0 Å². The van der Waals surface area contributed by atoms with Gasteiger partial charge in [0.1, 0.15) is 15.8 Å². The molecule has 1 aliphatic rings. The molecule has 1 amide bonds. The van der Waals surface area contributed by atoms with Gasteiger partial charge >= 0.3 is 6.36 Å². The van der Waals surface area contributed by atoms with Crippen molar-refractivity contribution < 1.29 is 22.7 Å². The number of aromatic nitrogens is 4. The normalized spacial score (nSPS) is 18.3. The van der Waals surface area contributed by atoms with Gasteiger partial charge in [-0.1, -0.05) is 34.8 Å². The minimum atomic E-state index is -4.78. The summed E-state index contributed by atoms with van der Waals surface area (Å²) < 4.78 is 41.1. The van der Waals surface area contributed by atoms with Crippen molar-refractivity contribution in [2.75, 3.05) is 17.7 Å². The van der Waals surface area contributed by atoms with Crippen LogP contribution in [0.5, 0.6) is 5.75 Å². The number of halogens is 3. The molecule has 2 aromatic heterocycles. The van der Waals surface area contributed by atoms with Crippen molar-refractivity contribution in [2.45, 2.75) is 51.3 Å². The molecule has 0 bridgehead atoms. The van der Waals surface area contributed by atoms with Crippen molar-refractivity contribution in [3.8, 4) is 5.75 Å². The molecule has 1 aromatic carbocycles. The maximum atomic E-state index is 12.4. The summed E-state index contributed by atoms with van der Waals surface area (Å²) in [6.07, 6.45) is 1.40. The van der Waals surface area contributed by atoms with Gasteiger partial charge in [-0.05, 0) is 55.2 Å². The van der Waals surface area contributed by atoms with Crippen LogP contribution in [-0.4, -0.2) is 39.7 Å². The number of amides is 1. The summed E-state index contributed by atoms with van der Waals surface area (Å²) >= 11 is 2.94.